The maximum Gasteiger partial charge on any atom is 0.573 e. The Bertz CT molecular complexity index is 434. The molecule has 1 rings (SSSR count). The number of primary amides is 1. The Balaban J connectivity index is 3.24. The number of nitrogens with zero attached hydrogens (tertiary/aromatic N) is 1. The summed E-state index contributed by atoms with van der Waals surface area (Å²) in [6.07, 6.45) is -3.99. The summed E-state index contributed by atoms with van der Waals surface area (Å²) >= 11 is 2.82. The molecule has 0 bridgehead atoms. The number of hydrogen-bond acceptors (Lipinski definition) is 3. The van der Waals surface area contributed by atoms with Gasteiger partial charge in [0.25, 0.3) is 5.91 Å². The number of ether oxygens (including phenoxy) is 1. The predicted octanol–water partition coefficient (Wildman–Crippen LogP) is 2.15. The first-order valence-corrected chi connectivity index (χ1v) is 4.72. The molecule has 16 heavy (non-hydrogen) atoms. The molecule has 1 amide bonds. The number of alkyl halides is 3. The van der Waals surface area contributed by atoms with Crippen molar-refractivity contribution < 1.29 is 22.7 Å². The smallest absolute Gasteiger partial charge is 0.403 e. The standard InChI is InChI=1S/C8H6BrF3N2O2/c1-3-5(7(13)15)6(9)4(2-14-3)16-8(10,11)12/h2H,1H3,(H2,13,15). The highest BCUT2D eigenvalue weighted by atomic mass is 79.9. The highest BCUT2D eigenvalue weighted by molar-refractivity contribution is 9.10. The van der Waals surface area contributed by atoms with E-state index >= 15 is 0 Å². The van der Waals surface area contributed by atoms with Crippen LogP contribution in [-0.2, 0) is 0 Å². The molecule has 2 N–H and O–H groups in total. The minimum absolute atomic E-state index is 0.137. The third-order valence-corrected chi connectivity index (χ3v) is 2.43. The van der Waals surface area contributed by atoms with Crippen molar-refractivity contribution in [2.75, 3.05) is 0 Å². The molecule has 0 spiro atoms. The van der Waals surface area contributed by atoms with Gasteiger partial charge in [-0.2, -0.15) is 0 Å². The van der Waals surface area contributed by atoms with Gasteiger partial charge in [-0.3, -0.25) is 9.78 Å². The molecule has 0 aliphatic heterocycles. The minimum atomic E-state index is -4.85. The molecule has 1 heterocycles. The molecular formula is C8H6BrF3N2O2. The van der Waals surface area contributed by atoms with Gasteiger partial charge in [0.05, 0.1) is 21.9 Å². The molecule has 1 aromatic heterocycles. The van der Waals surface area contributed by atoms with Crippen molar-refractivity contribution >= 4 is 21.8 Å². The molecule has 88 valence electrons. The molecule has 0 saturated carbocycles. The normalized spacial score (nSPS) is 11.3. The Morgan fingerprint density at radius 3 is 2.56 bits per heavy atom. The SMILES string of the molecule is Cc1ncc(OC(F)(F)F)c(Br)c1C(N)=O. The molecule has 0 unspecified atom stereocenters. The fourth-order valence-electron chi connectivity index (χ4n) is 1.04. The first kappa shape index (κ1) is 12.8. The second-order valence-electron chi connectivity index (χ2n) is 2.81. The summed E-state index contributed by atoms with van der Waals surface area (Å²) in [6, 6.07) is 0. The van der Waals surface area contributed by atoms with Crippen molar-refractivity contribution in [1.82, 2.24) is 4.98 Å². The van der Waals surface area contributed by atoms with Gasteiger partial charge in [-0.15, -0.1) is 13.2 Å². The van der Waals surface area contributed by atoms with Gasteiger partial charge >= 0.3 is 6.36 Å². The number of hydrogen-bond donors (Lipinski definition) is 1. The van der Waals surface area contributed by atoms with E-state index in [0.29, 0.717) is 0 Å². The second kappa shape index (κ2) is 4.28. The van der Waals surface area contributed by atoms with E-state index in [9.17, 15) is 18.0 Å². The fourth-order valence-corrected chi connectivity index (χ4v) is 1.71. The molecule has 4 nitrogen and oxygen atoms in total. The van der Waals surface area contributed by atoms with Crippen LogP contribution in [0.3, 0.4) is 0 Å². The monoisotopic (exact) mass is 298 g/mol. The van der Waals surface area contributed by atoms with Crippen molar-refractivity contribution in [3.8, 4) is 5.75 Å². The van der Waals surface area contributed by atoms with Crippen molar-refractivity contribution in [1.29, 1.82) is 0 Å². The van der Waals surface area contributed by atoms with E-state index in [0.717, 1.165) is 6.20 Å². The summed E-state index contributed by atoms with van der Waals surface area (Å²) < 4.78 is 39.4. The number of pyridine rings is 1. The van der Waals surface area contributed by atoms with Crippen LogP contribution in [0.2, 0.25) is 0 Å². The van der Waals surface area contributed by atoms with Gasteiger partial charge in [-0.1, -0.05) is 0 Å². The lowest BCUT2D eigenvalue weighted by atomic mass is 10.2. The van der Waals surface area contributed by atoms with Crippen LogP contribution in [-0.4, -0.2) is 17.3 Å². The van der Waals surface area contributed by atoms with Crippen molar-refractivity contribution in [3.05, 3.63) is 21.9 Å². The molecular weight excluding hydrogens is 293 g/mol. The quantitative estimate of drug-likeness (QED) is 0.910. The van der Waals surface area contributed by atoms with Crippen molar-refractivity contribution in [2.24, 2.45) is 5.73 Å². The van der Waals surface area contributed by atoms with E-state index in [4.69, 9.17) is 5.73 Å². The second-order valence-corrected chi connectivity index (χ2v) is 3.60. The van der Waals surface area contributed by atoms with Crippen LogP contribution in [0.4, 0.5) is 13.2 Å². The van der Waals surface area contributed by atoms with Gasteiger partial charge in [0.1, 0.15) is 0 Å². The van der Waals surface area contributed by atoms with Gasteiger partial charge in [-0.05, 0) is 22.9 Å². The summed E-state index contributed by atoms with van der Waals surface area (Å²) in [5.41, 5.74) is 5.08. The number of rotatable bonds is 2. The Hall–Kier alpha value is -1.31. The molecule has 0 aromatic carbocycles. The maximum atomic E-state index is 12.0. The summed E-state index contributed by atoms with van der Waals surface area (Å²) in [7, 11) is 0. The summed E-state index contributed by atoms with van der Waals surface area (Å²) in [5.74, 6) is -1.49. The largest absolute Gasteiger partial charge is 0.573 e. The van der Waals surface area contributed by atoms with E-state index in [1.165, 1.54) is 6.92 Å². The van der Waals surface area contributed by atoms with Crippen LogP contribution in [0.1, 0.15) is 16.1 Å². The third-order valence-electron chi connectivity index (χ3n) is 1.65. The lowest BCUT2D eigenvalue weighted by Gasteiger charge is -2.12. The maximum absolute atomic E-state index is 12.0. The van der Waals surface area contributed by atoms with Crippen LogP contribution in [0, 0.1) is 6.92 Å². The van der Waals surface area contributed by atoms with E-state index in [-0.39, 0.29) is 15.7 Å². The van der Waals surface area contributed by atoms with Crippen LogP contribution >= 0.6 is 15.9 Å². The summed E-state index contributed by atoms with van der Waals surface area (Å²) in [5, 5.41) is 0. The molecule has 0 aliphatic rings. The van der Waals surface area contributed by atoms with Gasteiger partial charge in [-0.25, -0.2) is 0 Å². The Morgan fingerprint density at radius 2 is 2.12 bits per heavy atom. The van der Waals surface area contributed by atoms with E-state index < -0.39 is 18.0 Å². The van der Waals surface area contributed by atoms with Crippen LogP contribution < -0.4 is 10.5 Å². The number of nitrogens with two attached hydrogens (primary N) is 1. The molecule has 0 aliphatic carbocycles. The van der Waals surface area contributed by atoms with Crippen molar-refractivity contribution in [3.63, 3.8) is 0 Å². The zero-order valence-electron chi connectivity index (χ0n) is 7.93. The average molecular weight is 299 g/mol. The molecule has 1 aromatic rings. The average Bonchev–Trinajstić information content (AvgIpc) is 2.07. The van der Waals surface area contributed by atoms with Crippen LogP contribution in [0.5, 0.6) is 5.75 Å². The number of halogens is 4. The molecule has 8 heteroatoms. The first-order chi connectivity index (χ1) is 7.22. The first-order valence-electron chi connectivity index (χ1n) is 3.93. The third kappa shape index (κ3) is 2.84. The Morgan fingerprint density at radius 1 is 1.56 bits per heavy atom. The Kier molecular flexibility index (Phi) is 3.41. The molecule has 0 atom stereocenters. The van der Waals surface area contributed by atoms with Gasteiger partial charge in [0.15, 0.2) is 5.75 Å². The number of carbonyl (C=O) groups excluding carboxylic acids is 1. The minimum Gasteiger partial charge on any atom is -0.403 e. The lowest BCUT2D eigenvalue weighted by Crippen LogP contribution is -2.20. The van der Waals surface area contributed by atoms with E-state index in [1.807, 2.05) is 0 Å². The highest BCUT2D eigenvalue weighted by Gasteiger charge is 2.33. The molecule has 0 radical (unpaired) electrons. The van der Waals surface area contributed by atoms with Crippen LogP contribution in [0.25, 0.3) is 0 Å². The number of aryl methyl sites for hydroxylation is 1. The van der Waals surface area contributed by atoms with E-state index in [2.05, 4.69) is 25.7 Å². The predicted molar refractivity (Wildman–Crippen MR) is 51.9 cm³/mol. The van der Waals surface area contributed by atoms with Gasteiger partial charge in [0, 0.05) is 0 Å². The molecule has 0 saturated heterocycles. The fraction of sp³-hybridized carbons (Fsp3) is 0.250. The topological polar surface area (TPSA) is 65.2 Å². The van der Waals surface area contributed by atoms with E-state index in [1.54, 1.807) is 0 Å². The lowest BCUT2D eigenvalue weighted by molar-refractivity contribution is -0.275. The zero-order chi connectivity index (χ0) is 12.5. The van der Waals surface area contributed by atoms with Crippen LogP contribution in [0.15, 0.2) is 10.7 Å². The summed E-state index contributed by atoms with van der Waals surface area (Å²) in [4.78, 5) is 14.6. The number of amides is 1. The summed E-state index contributed by atoms with van der Waals surface area (Å²) in [6.45, 7) is 1.45. The highest BCUT2D eigenvalue weighted by Crippen LogP contribution is 2.33. The molecule has 0 fully saturated rings. The van der Waals surface area contributed by atoms with Gasteiger partial charge in [0.2, 0.25) is 0 Å². The van der Waals surface area contributed by atoms with Crippen molar-refractivity contribution in [2.45, 2.75) is 13.3 Å². The Labute approximate surface area is 96.7 Å². The number of aromatic nitrogens is 1. The number of carbonyl (C=O) groups is 1. The zero-order valence-corrected chi connectivity index (χ0v) is 9.52. The van der Waals surface area contributed by atoms with Gasteiger partial charge < -0.3 is 10.5 Å².